The number of phenolic OH excluding ortho intramolecular Hbond substituents is 2. The Morgan fingerprint density at radius 3 is 2.42 bits per heavy atom. The van der Waals surface area contributed by atoms with Crippen LogP contribution in [-0.2, 0) is 19.0 Å². The van der Waals surface area contributed by atoms with E-state index in [9.17, 15) is 40.5 Å². The Bertz CT molecular complexity index is 753. The zero-order chi connectivity index (χ0) is 23.1. The Labute approximate surface area is 176 Å². The molecule has 1 fully saturated rings. The summed E-state index contributed by atoms with van der Waals surface area (Å²) in [7, 11) is 0. The largest absolute Gasteiger partial charge is 0.504 e. The molecule has 0 radical (unpaired) electrons. The summed E-state index contributed by atoms with van der Waals surface area (Å²) in [6, 6.07) is 3.89. The number of aromatic hydroxyl groups is 2. The molecule has 1 aromatic rings. The molecule has 0 saturated carbocycles. The summed E-state index contributed by atoms with van der Waals surface area (Å²) in [4.78, 5) is 11.9. The third-order valence-electron chi connectivity index (χ3n) is 4.53. The molecule has 12 nitrogen and oxygen atoms in total. The van der Waals surface area contributed by atoms with E-state index in [2.05, 4.69) is 0 Å². The fraction of sp³-hybridized carbons (Fsp3) is 0.526. The number of phenols is 2. The van der Waals surface area contributed by atoms with Gasteiger partial charge in [-0.2, -0.15) is 0 Å². The number of hydrogen-bond donors (Lipinski definition) is 8. The van der Waals surface area contributed by atoms with Crippen molar-refractivity contribution in [3.63, 3.8) is 0 Å². The van der Waals surface area contributed by atoms with Crippen molar-refractivity contribution in [2.75, 3.05) is 19.8 Å². The van der Waals surface area contributed by atoms with E-state index in [1.807, 2.05) is 0 Å². The number of aliphatic hydroxyl groups is 6. The van der Waals surface area contributed by atoms with Gasteiger partial charge in [0.25, 0.3) is 0 Å². The molecule has 174 valence electrons. The molecule has 0 unspecified atom stereocenters. The van der Waals surface area contributed by atoms with Crippen molar-refractivity contribution in [2.24, 2.45) is 0 Å². The predicted octanol–water partition coefficient (Wildman–Crippen LogP) is -2.81. The molecule has 12 heteroatoms. The van der Waals surface area contributed by atoms with Gasteiger partial charge in [-0.05, 0) is 23.8 Å². The molecule has 0 aromatic heterocycles. The normalized spacial score (nSPS) is 28.4. The molecule has 0 spiro atoms. The number of aliphatic hydroxyl groups excluding tert-OH is 6. The van der Waals surface area contributed by atoms with Gasteiger partial charge in [0, 0.05) is 6.08 Å². The summed E-state index contributed by atoms with van der Waals surface area (Å²) >= 11 is 0. The van der Waals surface area contributed by atoms with Crippen LogP contribution >= 0.6 is 0 Å². The first kappa shape index (κ1) is 25.0. The van der Waals surface area contributed by atoms with Crippen LogP contribution in [0.3, 0.4) is 0 Å². The standard InChI is InChI=1S/C19H26O12/c20-6-12(23)13(24)7-30-19-18(28)17(27)16(26)14(31-19)8-29-15(25)4-2-9-1-3-10(21)11(22)5-9/h1-5,12-14,16-24,26-28H,6-8H2/t12-,13-,14-,16-,17+,18-,19+/m0/s1. The average Bonchev–Trinajstić information content (AvgIpc) is 2.76. The smallest absolute Gasteiger partial charge is 0.330 e. The van der Waals surface area contributed by atoms with Gasteiger partial charge in [-0.1, -0.05) is 6.07 Å². The first-order chi connectivity index (χ1) is 14.6. The van der Waals surface area contributed by atoms with Gasteiger partial charge in [0.1, 0.15) is 43.2 Å². The van der Waals surface area contributed by atoms with Gasteiger partial charge in [-0.15, -0.1) is 0 Å². The molecule has 1 saturated heterocycles. The van der Waals surface area contributed by atoms with Crippen LogP contribution in [-0.4, -0.2) is 110 Å². The average molecular weight is 446 g/mol. The second kappa shape index (κ2) is 11.4. The van der Waals surface area contributed by atoms with Crippen molar-refractivity contribution >= 4 is 12.0 Å². The van der Waals surface area contributed by atoms with Crippen LogP contribution in [0.25, 0.3) is 6.08 Å². The maximum atomic E-state index is 11.9. The van der Waals surface area contributed by atoms with Crippen LogP contribution in [0.4, 0.5) is 0 Å². The molecular weight excluding hydrogens is 420 g/mol. The van der Waals surface area contributed by atoms with E-state index >= 15 is 0 Å². The summed E-state index contributed by atoms with van der Waals surface area (Å²) in [5.74, 6) is -1.54. The number of benzene rings is 1. The summed E-state index contributed by atoms with van der Waals surface area (Å²) in [5, 5.41) is 76.3. The molecular formula is C19H26O12. The lowest BCUT2D eigenvalue weighted by atomic mass is 9.99. The minimum absolute atomic E-state index is 0.320. The van der Waals surface area contributed by atoms with Gasteiger partial charge in [0.15, 0.2) is 17.8 Å². The molecule has 2 rings (SSSR count). The molecule has 1 aliphatic rings. The highest BCUT2D eigenvalue weighted by Gasteiger charge is 2.45. The van der Waals surface area contributed by atoms with Crippen molar-refractivity contribution in [1.29, 1.82) is 0 Å². The molecule has 8 N–H and O–H groups in total. The van der Waals surface area contributed by atoms with Crippen LogP contribution in [0.5, 0.6) is 11.5 Å². The van der Waals surface area contributed by atoms with E-state index in [0.29, 0.717) is 5.56 Å². The summed E-state index contributed by atoms with van der Waals surface area (Å²) in [5.41, 5.74) is 0.400. The van der Waals surface area contributed by atoms with Crippen LogP contribution in [0.15, 0.2) is 24.3 Å². The Morgan fingerprint density at radius 2 is 1.77 bits per heavy atom. The number of carbonyl (C=O) groups is 1. The molecule has 1 aliphatic heterocycles. The minimum Gasteiger partial charge on any atom is -0.504 e. The van der Waals surface area contributed by atoms with E-state index in [1.165, 1.54) is 24.3 Å². The second-order valence-corrected chi connectivity index (χ2v) is 6.88. The van der Waals surface area contributed by atoms with Crippen LogP contribution in [0, 0.1) is 0 Å². The highest BCUT2D eigenvalue weighted by molar-refractivity contribution is 5.87. The Morgan fingerprint density at radius 1 is 1.06 bits per heavy atom. The maximum absolute atomic E-state index is 11.9. The second-order valence-electron chi connectivity index (χ2n) is 6.88. The van der Waals surface area contributed by atoms with E-state index in [-0.39, 0.29) is 11.5 Å². The Kier molecular flexibility index (Phi) is 9.15. The Hall–Kier alpha value is -2.29. The lowest BCUT2D eigenvalue weighted by Crippen LogP contribution is -2.59. The van der Waals surface area contributed by atoms with Crippen molar-refractivity contribution in [3.05, 3.63) is 29.8 Å². The quantitative estimate of drug-likeness (QED) is 0.110. The van der Waals surface area contributed by atoms with Gasteiger partial charge in [0.05, 0.1) is 13.2 Å². The molecule has 0 aliphatic carbocycles. The lowest BCUT2D eigenvalue weighted by molar-refractivity contribution is -0.306. The Balaban J connectivity index is 1.90. The van der Waals surface area contributed by atoms with Gasteiger partial charge in [0.2, 0.25) is 0 Å². The summed E-state index contributed by atoms with van der Waals surface area (Å²) < 4.78 is 15.3. The fourth-order valence-electron chi connectivity index (χ4n) is 2.64. The summed E-state index contributed by atoms with van der Waals surface area (Å²) in [6.07, 6.45) is -8.48. The van der Waals surface area contributed by atoms with Crippen molar-refractivity contribution in [3.8, 4) is 11.5 Å². The van der Waals surface area contributed by atoms with Crippen molar-refractivity contribution in [1.82, 2.24) is 0 Å². The third kappa shape index (κ3) is 6.85. The maximum Gasteiger partial charge on any atom is 0.330 e. The van der Waals surface area contributed by atoms with Gasteiger partial charge < -0.3 is 55.1 Å². The lowest BCUT2D eigenvalue weighted by Gasteiger charge is -2.40. The zero-order valence-electron chi connectivity index (χ0n) is 16.3. The molecule has 0 bridgehead atoms. The number of ether oxygens (including phenoxy) is 3. The topological polar surface area (TPSA) is 207 Å². The highest BCUT2D eigenvalue weighted by atomic mass is 16.7. The molecule has 7 atom stereocenters. The van der Waals surface area contributed by atoms with Gasteiger partial charge >= 0.3 is 5.97 Å². The van der Waals surface area contributed by atoms with Crippen LogP contribution in [0.2, 0.25) is 0 Å². The number of esters is 1. The van der Waals surface area contributed by atoms with Gasteiger partial charge in [-0.3, -0.25) is 0 Å². The number of rotatable bonds is 9. The fourth-order valence-corrected chi connectivity index (χ4v) is 2.64. The number of carbonyl (C=O) groups excluding carboxylic acids is 1. The third-order valence-corrected chi connectivity index (χ3v) is 4.53. The minimum atomic E-state index is -1.71. The molecule has 1 heterocycles. The first-order valence-corrected chi connectivity index (χ1v) is 9.29. The predicted molar refractivity (Wildman–Crippen MR) is 101 cm³/mol. The van der Waals surface area contributed by atoms with Gasteiger partial charge in [-0.25, -0.2) is 4.79 Å². The van der Waals surface area contributed by atoms with E-state index in [1.54, 1.807) is 0 Å². The van der Waals surface area contributed by atoms with Crippen molar-refractivity contribution in [2.45, 2.75) is 42.9 Å². The molecule has 0 amide bonds. The van der Waals surface area contributed by atoms with E-state index < -0.39 is 68.7 Å². The van der Waals surface area contributed by atoms with Crippen LogP contribution in [0.1, 0.15) is 5.56 Å². The molecule has 1 aromatic carbocycles. The SMILES string of the molecule is O=C(C=Cc1ccc(O)c(O)c1)OC[C@@H]1O[C@@H](OC[C@H](O)[C@@H](O)CO)[C@@H](O)[C@H](O)[C@H]1O. The summed E-state index contributed by atoms with van der Waals surface area (Å²) in [6.45, 7) is -1.80. The monoisotopic (exact) mass is 446 g/mol. The highest BCUT2D eigenvalue weighted by Crippen LogP contribution is 2.25. The van der Waals surface area contributed by atoms with E-state index in [4.69, 9.17) is 19.3 Å². The van der Waals surface area contributed by atoms with Crippen molar-refractivity contribution < 1.29 is 59.9 Å². The number of hydrogen-bond acceptors (Lipinski definition) is 12. The van der Waals surface area contributed by atoms with E-state index in [0.717, 1.165) is 6.08 Å². The molecule has 31 heavy (non-hydrogen) atoms. The first-order valence-electron chi connectivity index (χ1n) is 9.29. The zero-order valence-corrected chi connectivity index (χ0v) is 16.3. The van der Waals surface area contributed by atoms with Crippen LogP contribution < -0.4 is 0 Å².